The van der Waals surface area contributed by atoms with Gasteiger partial charge in [0.25, 0.3) is 5.56 Å². The van der Waals surface area contributed by atoms with E-state index in [-0.39, 0.29) is 12.4 Å². The molecule has 9 heteroatoms. The Morgan fingerprint density at radius 3 is 2.65 bits per heavy atom. The molecule has 1 aromatic heterocycles. The molecule has 0 fully saturated rings. The minimum Gasteiger partial charge on any atom is -0.454 e. The first kappa shape index (κ1) is 20.2. The molecule has 7 nitrogen and oxygen atoms in total. The van der Waals surface area contributed by atoms with E-state index in [0.29, 0.717) is 47.1 Å². The van der Waals surface area contributed by atoms with Gasteiger partial charge in [-0.05, 0) is 49.7 Å². The SMILES string of the molecule is Cc1nc2n(c(=O)c1C)CN(Cc1ccc3c(c1)OCO3)CN2c1ccc(Cl)cc1Cl. The zero-order valence-corrected chi connectivity index (χ0v) is 18.6. The van der Waals surface area contributed by atoms with Gasteiger partial charge in [0, 0.05) is 22.8 Å². The fraction of sp³-hybridized carbons (Fsp3) is 0.273. The van der Waals surface area contributed by atoms with E-state index in [4.69, 9.17) is 37.7 Å². The molecule has 0 amide bonds. The summed E-state index contributed by atoms with van der Waals surface area (Å²) in [4.78, 5) is 21.9. The topological polar surface area (TPSA) is 59.8 Å². The van der Waals surface area contributed by atoms with Crippen LogP contribution < -0.4 is 19.9 Å². The Labute approximate surface area is 189 Å². The highest BCUT2D eigenvalue weighted by molar-refractivity contribution is 6.36. The van der Waals surface area contributed by atoms with Crippen molar-refractivity contribution in [2.45, 2.75) is 27.1 Å². The maximum absolute atomic E-state index is 13.1. The van der Waals surface area contributed by atoms with Crippen molar-refractivity contribution in [1.29, 1.82) is 0 Å². The number of hydrogen-bond acceptors (Lipinski definition) is 6. The minimum atomic E-state index is -0.0621. The average molecular weight is 459 g/mol. The summed E-state index contributed by atoms with van der Waals surface area (Å²) in [7, 11) is 0. The summed E-state index contributed by atoms with van der Waals surface area (Å²) in [6, 6.07) is 11.2. The van der Waals surface area contributed by atoms with Crippen LogP contribution in [0.4, 0.5) is 11.6 Å². The maximum Gasteiger partial charge on any atom is 0.259 e. The Hall–Kier alpha value is -2.74. The van der Waals surface area contributed by atoms with E-state index in [2.05, 4.69) is 4.90 Å². The molecule has 0 unspecified atom stereocenters. The van der Waals surface area contributed by atoms with E-state index >= 15 is 0 Å². The predicted molar refractivity (Wildman–Crippen MR) is 120 cm³/mol. The molecule has 160 valence electrons. The summed E-state index contributed by atoms with van der Waals surface area (Å²) < 4.78 is 12.6. The quantitative estimate of drug-likeness (QED) is 0.577. The molecule has 5 rings (SSSR count). The first-order valence-corrected chi connectivity index (χ1v) is 10.6. The Bertz CT molecular complexity index is 1240. The normalized spacial score (nSPS) is 15.3. The molecule has 0 saturated heterocycles. The molecule has 0 bridgehead atoms. The van der Waals surface area contributed by atoms with Crippen LogP contribution in [0.2, 0.25) is 10.0 Å². The zero-order valence-electron chi connectivity index (χ0n) is 17.1. The number of ether oxygens (including phenoxy) is 2. The van der Waals surface area contributed by atoms with Crippen LogP contribution in [-0.4, -0.2) is 27.9 Å². The van der Waals surface area contributed by atoms with Crippen molar-refractivity contribution in [2.75, 3.05) is 18.4 Å². The Morgan fingerprint density at radius 2 is 1.84 bits per heavy atom. The molecule has 0 saturated carbocycles. The van der Waals surface area contributed by atoms with Crippen LogP contribution in [0.15, 0.2) is 41.2 Å². The van der Waals surface area contributed by atoms with Crippen molar-refractivity contribution in [3.05, 3.63) is 73.6 Å². The van der Waals surface area contributed by atoms with Gasteiger partial charge in [-0.1, -0.05) is 29.3 Å². The summed E-state index contributed by atoms with van der Waals surface area (Å²) in [6.07, 6.45) is 0. The number of aryl methyl sites for hydroxylation is 1. The second kappa shape index (κ2) is 7.75. The number of hydrogen-bond donors (Lipinski definition) is 0. The third-order valence-corrected chi connectivity index (χ3v) is 6.12. The molecule has 0 spiro atoms. The average Bonchev–Trinajstić information content (AvgIpc) is 3.20. The van der Waals surface area contributed by atoms with Crippen LogP contribution in [-0.2, 0) is 13.2 Å². The molecular formula is C22H20Cl2N4O3. The highest BCUT2D eigenvalue weighted by atomic mass is 35.5. The largest absolute Gasteiger partial charge is 0.454 e. The zero-order chi connectivity index (χ0) is 21.7. The molecule has 31 heavy (non-hydrogen) atoms. The van der Waals surface area contributed by atoms with E-state index in [1.165, 1.54) is 0 Å². The van der Waals surface area contributed by atoms with Gasteiger partial charge in [0.1, 0.15) is 0 Å². The maximum atomic E-state index is 13.1. The van der Waals surface area contributed by atoms with Gasteiger partial charge in [-0.3, -0.25) is 19.2 Å². The lowest BCUT2D eigenvalue weighted by molar-refractivity contribution is 0.173. The van der Waals surface area contributed by atoms with E-state index in [9.17, 15) is 4.79 Å². The lowest BCUT2D eigenvalue weighted by Gasteiger charge is -2.38. The number of nitrogens with zero attached hydrogens (tertiary/aromatic N) is 4. The molecule has 0 radical (unpaired) electrons. The summed E-state index contributed by atoms with van der Waals surface area (Å²) >= 11 is 12.6. The van der Waals surface area contributed by atoms with Gasteiger partial charge in [0.05, 0.1) is 24.0 Å². The van der Waals surface area contributed by atoms with E-state index in [0.717, 1.165) is 22.7 Å². The summed E-state index contributed by atoms with van der Waals surface area (Å²) in [5, 5.41) is 1.05. The molecule has 2 aliphatic heterocycles. The molecule has 0 N–H and O–H groups in total. The first-order valence-electron chi connectivity index (χ1n) is 9.82. The van der Waals surface area contributed by atoms with Crippen LogP contribution in [0.1, 0.15) is 16.8 Å². The Morgan fingerprint density at radius 1 is 1.03 bits per heavy atom. The number of aromatic nitrogens is 2. The predicted octanol–water partition coefficient (Wildman–Crippen LogP) is 4.46. The van der Waals surface area contributed by atoms with Crippen molar-refractivity contribution in [3.8, 4) is 11.5 Å². The highest BCUT2D eigenvalue weighted by Crippen LogP contribution is 2.36. The van der Waals surface area contributed by atoms with Gasteiger partial charge < -0.3 is 9.47 Å². The van der Waals surface area contributed by atoms with Crippen molar-refractivity contribution in [3.63, 3.8) is 0 Å². The van der Waals surface area contributed by atoms with Crippen LogP contribution >= 0.6 is 23.2 Å². The molecule has 3 heterocycles. The molecule has 3 aromatic rings. The lowest BCUT2D eigenvalue weighted by atomic mass is 10.2. The van der Waals surface area contributed by atoms with Gasteiger partial charge in [-0.2, -0.15) is 0 Å². The smallest absolute Gasteiger partial charge is 0.259 e. The van der Waals surface area contributed by atoms with Crippen LogP contribution in [0.25, 0.3) is 0 Å². The van der Waals surface area contributed by atoms with E-state index in [1.54, 1.807) is 23.6 Å². The van der Waals surface area contributed by atoms with E-state index < -0.39 is 0 Å². The monoisotopic (exact) mass is 458 g/mol. The molecule has 0 atom stereocenters. The number of fused-ring (bicyclic) bond motifs is 2. The van der Waals surface area contributed by atoms with Gasteiger partial charge in [-0.25, -0.2) is 4.98 Å². The summed E-state index contributed by atoms with van der Waals surface area (Å²) in [5.41, 5.74) is 3.07. The second-order valence-corrected chi connectivity index (χ2v) is 8.52. The van der Waals surface area contributed by atoms with Crippen LogP contribution in [0, 0.1) is 13.8 Å². The third kappa shape index (κ3) is 3.63. The van der Waals surface area contributed by atoms with Gasteiger partial charge in [-0.15, -0.1) is 0 Å². The number of benzene rings is 2. The fourth-order valence-corrected chi connectivity index (χ4v) is 4.38. The lowest BCUT2D eigenvalue weighted by Crippen LogP contribution is -2.47. The first-order chi connectivity index (χ1) is 14.9. The minimum absolute atomic E-state index is 0.0621. The second-order valence-electron chi connectivity index (χ2n) is 7.68. The molecule has 0 aliphatic carbocycles. The van der Waals surface area contributed by atoms with Crippen molar-refractivity contribution < 1.29 is 9.47 Å². The summed E-state index contributed by atoms with van der Waals surface area (Å²) in [6.45, 7) is 5.41. The van der Waals surface area contributed by atoms with Gasteiger partial charge in [0.2, 0.25) is 12.7 Å². The molecular weight excluding hydrogens is 439 g/mol. The van der Waals surface area contributed by atoms with Crippen molar-refractivity contribution in [1.82, 2.24) is 14.5 Å². The standard InChI is InChI=1S/C22H20Cl2N4O3/c1-13-14(2)25-22-27(18-5-4-16(23)8-17(18)24)10-26(11-28(22)21(13)29)9-15-3-6-19-20(7-15)31-12-30-19/h3-8H,9-12H2,1-2H3. The summed E-state index contributed by atoms with van der Waals surface area (Å²) in [5.74, 6) is 2.05. The Kier molecular flexibility index (Phi) is 5.04. The number of halogens is 2. The van der Waals surface area contributed by atoms with E-state index in [1.807, 2.05) is 36.1 Å². The molecule has 2 aromatic carbocycles. The number of anilines is 2. The van der Waals surface area contributed by atoms with Gasteiger partial charge >= 0.3 is 0 Å². The van der Waals surface area contributed by atoms with Crippen molar-refractivity contribution >= 4 is 34.8 Å². The van der Waals surface area contributed by atoms with Crippen LogP contribution in [0.5, 0.6) is 11.5 Å². The van der Waals surface area contributed by atoms with Crippen LogP contribution in [0.3, 0.4) is 0 Å². The highest BCUT2D eigenvalue weighted by Gasteiger charge is 2.29. The van der Waals surface area contributed by atoms with Gasteiger partial charge in [0.15, 0.2) is 11.5 Å². The Balaban J connectivity index is 1.55. The van der Waals surface area contributed by atoms with Crippen molar-refractivity contribution in [2.24, 2.45) is 0 Å². The number of rotatable bonds is 3. The molecule has 2 aliphatic rings. The third-order valence-electron chi connectivity index (χ3n) is 5.59. The fourth-order valence-electron chi connectivity index (χ4n) is 3.87.